The zero-order valence-electron chi connectivity index (χ0n) is 14.8. The molecule has 2 aromatic rings. The summed E-state index contributed by atoms with van der Waals surface area (Å²) in [6.07, 6.45) is 1.71. The molecule has 5 nitrogen and oxygen atoms in total. The van der Waals surface area contributed by atoms with Crippen molar-refractivity contribution in [3.05, 3.63) is 59.2 Å². The summed E-state index contributed by atoms with van der Waals surface area (Å²) in [5.74, 6) is 0. The van der Waals surface area contributed by atoms with Crippen LogP contribution < -0.4 is 15.6 Å². The van der Waals surface area contributed by atoms with Crippen molar-refractivity contribution < 1.29 is 5.11 Å². The van der Waals surface area contributed by atoms with Crippen LogP contribution in [0.1, 0.15) is 16.7 Å². The number of nitrogens with one attached hydrogen (secondary N) is 2. The van der Waals surface area contributed by atoms with E-state index in [1.165, 1.54) is 5.56 Å². The number of hydrazone groups is 1. The largest absolute Gasteiger partial charge is 0.395 e. The number of aliphatic hydroxyl groups is 1. The summed E-state index contributed by atoms with van der Waals surface area (Å²) in [6, 6.07) is 14.1. The molecule has 0 atom stereocenters. The Bertz CT molecular complexity index is 744. The van der Waals surface area contributed by atoms with E-state index in [4.69, 9.17) is 17.3 Å². The second-order valence-electron chi connectivity index (χ2n) is 5.88. The van der Waals surface area contributed by atoms with Crippen LogP contribution >= 0.6 is 12.2 Å². The van der Waals surface area contributed by atoms with Gasteiger partial charge in [0, 0.05) is 25.0 Å². The zero-order chi connectivity index (χ0) is 18.2. The van der Waals surface area contributed by atoms with Gasteiger partial charge in [-0.15, -0.1) is 0 Å². The van der Waals surface area contributed by atoms with Crippen molar-refractivity contribution in [1.82, 2.24) is 5.43 Å². The molecule has 0 saturated heterocycles. The highest BCUT2D eigenvalue weighted by molar-refractivity contribution is 7.80. The van der Waals surface area contributed by atoms with Crippen molar-refractivity contribution in [3.8, 4) is 0 Å². The maximum absolute atomic E-state index is 8.97. The van der Waals surface area contributed by atoms with Gasteiger partial charge in [0.2, 0.25) is 0 Å². The SMILES string of the molecule is Cc1ccc(NC(=S)N/N=C/c2ccc(N(C)CCO)cc2)c(C)c1. The van der Waals surface area contributed by atoms with Gasteiger partial charge in [0.25, 0.3) is 0 Å². The van der Waals surface area contributed by atoms with Crippen molar-refractivity contribution in [2.24, 2.45) is 5.10 Å². The predicted molar refractivity (Wildman–Crippen MR) is 110 cm³/mol. The van der Waals surface area contributed by atoms with E-state index < -0.39 is 0 Å². The van der Waals surface area contributed by atoms with Gasteiger partial charge in [-0.2, -0.15) is 5.10 Å². The maximum atomic E-state index is 8.97. The first-order valence-corrected chi connectivity index (χ1v) is 8.50. The molecule has 0 aliphatic heterocycles. The van der Waals surface area contributed by atoms with E-state index in [9.17, 15) is 0 Å². The molecule has 0 heterocycles. The topological polar surface area (TPSA) is 59.9 Å². The molecule has 2 rings (SSSR count). The van der Waals surface area contributed by atoms with Crippen LogP contribution in [0.2, 0.25) is 0 Å². The van der Waals surface area contributed by atoms with Gasteiger partial charge in [-0.3, -0.25) is 5.43 Å². The summed E-state index contributed by atoms with van der Waals surface area (Å²) in [6.45, 7) is 4.84. The number of rotatable bonds is 6. The molecule has 0 aliphatic carbocycles. The molecule has 0 radical (unpaired) electrons. The Kier molecular flexibility index (Phi) is 6.91. The number of benzene rings is 2. The Hall–Kier alpha value is -2.44. The molecule has 0 aliphatic rings. The van der Waals surface area contributed by atoms with Gasteiger partial charge in [-0.1, -0.05) is 29.8 Å². The third-order valence-electron chi connectivity index (χ3n) is 3.78. The van der Waals surface area contributed by atoms with E-state index >= 15 is 0 Å². The van der Waals surface area contributed by atoms with E-state index in [1.54, 1.807) is 6.21 Å². The predicted octanol–water partition coefficient (Wildman–Crippen LogP) is 3.05. The smallest absolute Gasteiger partial charge is 0.191 e. The van der Waals surface area contributed by atoms with E-state index in [2.05, 4.69) is 28.8 Å². The van der Waals surface area contributed by atoms with E-state index in [0.29, 0.717) is 11.7 Å². The van der Waals surface area contributed by atoms with Crippen molar-refractivity contribution in [1.29, 1.82) is 0 Å². The molecule has 0 spiro atoms. The minimum atomic E-state index is 0.133. The molecule has 0 amide bonds. The highest BCUT2D eigenvalue weighted by Gasteiger charge is 2.01. The quantitative estimate of drug-likeness (QED) is 0.422. The number of hydrogen-bond acceptors (Lipinski definition) is 4. The lowest BCUT2D eigenvalue weighted by Gasteiger charge is -2.17. The molecule has 0 unspecified atom stereocenters. The standard InChI is InChI=1S/C19H24N4OS/c1-14-4-9-18(15(2)12-14)21-19(25)22-20-13-16-5-7-17(8-6-16)23(3)10-11-24/h4-9,12-13,24H,10-11H2,1-3H3,(H2,21,22,25)/b20-13+. The third-order valence-corrected chi connectivity index (χ3v) is 3.97. The summed E-state index contributed by atoms with van der Waals surface area (Å²) < 4.78 is 0. The van der Waals surface area contributed by atoms with Crippen LogP contribution in [0, 0.1) is 13.8 Å². The maximum Gasteiger partial charge on any atom is 0.191 e. The molecule has 0 saturated carbocycles. The summed E-state index contributed by atoms with van der Waals surface area (Å²) in [4.78, 5) is 1.99. The number of anilines is 2. The first-order chi connectivity index (χ1) is 12.0. The van der Waals surface area contributed by atoms with Crippen LogP contribution in [-0.4, -0.2) is 36.6 Å². The van der Waals surface area contributed by atoms with Crippen molar-refractivity contribution in [3.63, 3.8) is 0 Å². The summed E-state index contributed by atoms with van der Waals surface area (Å²) in [5, 5.41) is 16.7. The molecular formula is C19H24N4OS. The average Bonchev–Trinajstić information content (AvgIpc) is 2.58. The van der Waals surface area contributed by atoms with Gasteiger partial charge < -0.3 is 15.3 Å². The number of hydrogen-bond donors (Lipinski definition) is 3. The minimum absolute atomic E-state index is 0.133. The van der Waals surface area contributed by atoms with E-state index in [-0.39, 0.29) is 6.61 Å². The molecule has 6 heteroatoms. The van der Waals surface area contributed by atoms with Crippen molar-refractivity contribution >= 4 is 34.9 Å². The Labute approximate surface area is 154 Å². The van der Waals surface area contributed by atoms with Crippen molar-refractivity contribution in [2.75, 3.05) is 30.4 Å². The molecule has 25 heavy (non-hydrogen) atoms. The van der Waals surface area contributed by atoms with E-state index in [0.717, 1.165) is 22.5 Å². The van der Waals surface area contributed by atoms with Gasteiger partial charge in [-0.25, -0.2) is 0 Å². The fraction of sp³-hybridized carbons (Fsp3) is 0.263. The van der Waals surface area contributed by atoms with E-state index in [1.807, 2.05) is 55.3 Å². The van der Waals surface area contributed by atoms with Crippen LogP contribution in [0.15, 0.2) is 47.6 Å². The number of aliphatic hydroxyl groups excluding tert-OH is 1. The number of likely N-dealkylation sites (N-methyl/N-ethyl adjacent to an activating group) is 1. The monoisotopic (exact) mass is 356 g/mol. The van der Waals surface area contributed by atoms with Crippen molar-refractivity contribution in [2.45, 2.75) is 13.8 Å². The Morgan fingerprint density at radius 1 is 1.20 bits per heavy atom. The summed E-state index contributed by atoms with van der Waals surface area (Å²) in [5.41, 5.74) is 8.15. The zero-order valence-corrected chi connectivity index (χ0v) is 15.6. The molecule has 3 N–H and O–H groups in total. The summed E-state index contributed by atoms with van der Waals surface area (Å²) in [7, 11) is 1.94. The van der Waals surface area contributed by atoms with Gasteiger partial charge in [0.1, 0.15) is 0 Å². The van der Waals surface area contributed by atoms with Crippen LogP contribution in [0.4, 0.5) is 11.4 Å². The van der Waals surface area contributed by atoms with Gasteiger partial charge >= 0.3 is 0 Å². The van der Waals surface area contributed by atoms with Crippen LogP contribution in [0.25, 0.3) is 0 Å². The Morgan fingerprint density at radius 2 is 1.92 bits per heavy atom. The molecule has 0 bridgehead atoms. The second-order valence-corrected chi connectivity index (χ2v) is 6.29. The first-order valence-electron chi connectivity index (χ1n) is 8.09. The van der Waals surface area contributed by atoms with Crippen LogP contribution in [0.5, 0.6) is 0 Å². The van der Waals surface area contributed by atoms with Gasteiger partial charge in [0.15, 0.2) is 5.11 Å². The Balaban J connectivity index is 1.88. The lowest BCUT2D eigenvalue weighted by molar-refractivity contribution is 0.304. The average molecular weight is 356 g/mol. The number of aryl methyl sites for hydroxylation is 2. The lowest BCUT2D eigenvalue weighted by Crippen LogP contribution is -2.24. The molecule has 0 fully saturated rings. The first kappa shape index (κ1) is 18.9. The number of thiocarbonyl (C=S) groups is 1. The van der Waals surface area contributed by atoms with Gasteiger partial charge in [-0.05, 0) is 55.4 Å². The van der Waals surface area contributed by atoms with Gasteiger partial charge in [0.05, 0.1) is 12.8 Å². The normalized spacial score (nSPS) is 10.7. The fourth-order valence-electron chi connectivity index (χ4n) is 2.36. The highest BCUT2D eigenvalue weighted by atomic mass is 32.1. The molecule has 0 aromatic heterocycles. The molecular weight excluding hydrogens is 332 g/mol. The highest BCUT2D eigenvalue weighted by Crippen LogP contribution is 2.16. The molecule has 132 valence electrons. The lowest BCUT2D eigenvalue weighted by atomic mass is 10.1. The summed E-state index contributed by atoms with van der Waals surface area (Å²) >= 11 is 5.26. The van der Waals surface area contributed by atoms with Crippen LogP contribution in [-0.2, 0) is 0 Å². The second kappa shape index (κ2) is 9.15. The molecule has 2 aromatic carbocycles. The number of nitrogens with zero attached hydrogens (tertiary/aromatic N) is 2. The minimum Gasteiger partial charge on any atom is -0.395 e. The third kappa shape index (κ3) is 5.85. The van der Waals surface area contributed by atoms with Crippen LogP contribution in [0.3, 0.4) is 0 Å². The Morgan fingerprint density at radius 3 is 2.56 bits per heavy atom. The fourth-order valence-corrected chi connectivity index (χ4v) is 2.53.